The Bertz CT molecular complexity index is 812. The third-order valence-electron chi connectivity index (χ3n) is 3.12. The molecular weight excluding hydrogens is 272 g/mol. The van der Waals surface area contributed by atoms with E-state index in [1.165, 1.54) is 0 Å². The number of nitrogen functional groups attached to an aromatic ring is 1. The number of imidazole rings is 1. The lowest BCUT2D eigenvalue weighted by Crippen LogP contribution is -1.93. The normalized spacial score (nSPS) is 10.6. The van der Waals surface area contributed by atoms with Gasteiger partial charge in [-0.3, -0.25) is 0 Å². The van der Waals surface area contributed by atoms with Gasteiger partial charge >= 0.3 is 0 Å². The molecule has 1 aromatic carbocycles. The number of benzene rings is 1. The molecule has 0 radical (unpaired) electrons. The fourth-order valence-corrected chi connectivity index (χ4v) is 2.34. The number of pyridine rings is 1. The Labute approximate surface area is 121 Å². The van der Waals surface area contributed by atoms with Crippen LogP contribution in [0, 0.1) is 11.3 Å². The molecule has 0 aliphatic heterocycles. The molecule has 0 bridgehead atoms. The summed E-state index contributed by atoms with van der Waals surface area (Å²) in [5.74, 6) is 0. The monoisotopic (exact) mass is 282 g/mol. The largest absolute Gasteiger partial charge is 0.399 e. The minimum atomic E-state index is 0.280. The van der Waals surface area contributed by atoms with Crippen LogP contribution in [0.25, 0.3) is 16.9 Å². The zero-order valence-corrected chi connectivity index (χ0v) is 11.3. The Morgan fingerprint density at radius 2 is 2.00 bits per heavy atom. The van der Waals surface area contributed by atoms with Gasteiger partial charge in [0.2, 0.25) is 0 Å². The number of nitrogens with two attached hydrogens (primary N) is 1. The van der Waals surface area contributed by atoms with Crippen LogP contribution >= 0.6 is 11.6 Å². The molecule has 0 fully saturated rings. The first-order valence-electron chi connectivity index (χ1n) is 6.08. The molecule has 0 saturated carbocycles. The van der Waals surface area contributed by atoms with E-state index in [2.05, 4.69) is 11.1 Å². The molecule has 2 N–H and O–H groups in total. The molecule has 4 nitrogen and oxygen atoms in total. The summed E-state index contributed by atoms with van der Waals surface area (Å²) < 4.78 is 1.89. The molecule has 0 aliphatic carbocycles. The minimum Gasteiger partial charge on any atom is -0.399 e. The Morgan fingerprint density at radius 1 is 1.25 bits per heavy atom. The van der Waals surface area contributed by atoms with Gasteiger partial charge in [-0.2, -0.15) is 5.26 Å². The molecule has 0 saturated heterocycles. The number of nitriles is 1. The Kier molecular flexibility index (Phi) is 3.05. The van der Waals surface area contributed by atoms with E-state index < -0.39 is 0 Å². The highest BCUT2D eigenvalue weighted by Gasteiger charge is 2.13. The highest BCUT2D eigenvalue weighted by Crippen LogP contribution is 2.26. The van der Waals surface area contributed by atoms with Crippen molar-refractivity contribution in [3.05, 3.63) is 53.3 Å². The number of hydrogen-bond acceptors (Lipinski definition) is 3. The van der Waals surface area contributed by atoms with E-state index in [4.69, 9.17) is 22.6 Å². The molecular formula is C15H11ClN4. The quantitative estimate of drug-likeness (QED) is 0.733. The van der Waals surface area contributed by atoms with Crippen LogP contribution in [-0.4, -0.2) is 9.38 Å². The van der Waals surface area contributed by atoms with Gasteiger partial charge in [-0.15, -0.1) is 0 Å². The molecule has 2 aromatic heterocycles. The molecule has 2 heterocycles. The first-order chi connectivity index (χ1) is 9.69. The number of hydrogen-bond donors (Lipinski definition) is 1. The van der Waals surface area contributed by atoms with Gasteiger partial charge in [0.15, 0.2) is 0 Å². The predicted octanol–water partition coefficient (Wildman–Crippen LogP) is 3.30. The van der Waals surface area contributed by atoms with Crippen LogP contribution < -0.4 is 5.73 Å². The second-order valence-corrected chi connectivity index (χ2v) is 4.87. The topological polar surface area (TPSA) is 67.1 Å². The van der Waals surface area contributed by atoms with Gasteiger partial charge < -0.3 is 10.1 Å². The van der Waals surface area contributed by atoms with Crippen LogP contribution in [0.5, 0.6) is 0 Å². The van der Waals surface area contributed by atoms with Gasteiger partial charge in [-0.05, 0) is 18.2 Å². The van der Waals surface area contributed by atoms with Gasteiger partial charge in [0.1, 0.15) is 5.65 Å². The second kappa shape index (κ2) is 4.87. The second-order valence-electron chi connectivity index (χ2n) is 4.44. The maximum Gasteiger partial charge on any atom is 0.139 e. The van der Waals surface area contributed by atoms with Crippen molar-refractivity contribution >= 4 is 22.9 Å². The number of nitrogens with zero attached hydrogens (tertiary/aromatic N) is 3. The Morgan fingerprint density at radius 3 is 2.70 bits per heavy atom. The average molecular weight is 283 g/mol. The van der Waals surface area contributed by atoms with Crippen molar-refractivity contribution in [1.82, 2.24) is 9.38 Å². The summed E-state index contributed by atoms with van der Waals surface area (Å²) in [4.78, 5) is 4.58. The van der Waals surface area contributed by atoms with Gasteiger partial charge in [0.05, 0.1) is 23.9 Å². The summed E-state index contributed by atoms with van der Waals surface area (Å²) >= 11 is 5.99. The number of aromatic nitrogens is 2. The maximum atomic E-state index is 9.03. The molecule has 3 aromatic rings. The van der Waals surface area contributed by atoms with Crippen LogP contribution in [-0.2, 0) is 6.42 Å². The van der Waals surface area contributed by atoms with Crippen molar-refractivity contribution in [2.75, 3.05) is 5.73 Å². The van der Waals surface area contributed by atoms with Crippen LogP contribution in [0.1, 0.15) is 5.69 Å². The van der Waals surface area contributed by atoms with Crippen LogP contribution in [0.4, 0.5) is 5.69 Å². The number of halogens is 1. The average Bonchev–Trinajstić information content (AvgIpc) is 2.78. The maximum absolute atomic E-state index is 9.03. The van der Waals surface area contributed by atoms with E-state index in [-0.39, 0.29) is 6.42 Å². The van der Waals surface area contributed by atoms with E-state index in [0.29, 0.717) is 10.7 Å². The van der Waals surface area contributed by atoms with E-state index in [1.54, 1.807) is 12.1 Å². The number of rotatable bonds is 2. The van der Waals surface area contributed by atoms with Crippen molar-refractivity contribution in [3.8, 4) is 17.3 Å². The molecule has 5 heteroatoms. The minimum absolute atomic E-state index is 0.280. The molecule has 0 amide bonds. The van der Waals surface area contributed by atoms with Gasteiger partial charge in [0.25, 0.3) is 0 Å². The third kappa shape index (κ3) is 2.09. The van der Waals surface area contributed by atoms with Crippen molar-refractivity contribution < 1.29 is 0 Å². The molecule has 20 heavy (non-hydrogen) atoms. The Balaban J connectivity index is 2.26. The van der Waals surface area contributed by atoms with E-state index in [0.717, 1.165) is 22.6 Å². The zero-order chi connectivity index (χ0) is 14.1. The lowest BCUT2D eigenvalue weighted by molar-refractivity contribution is 1.06. The summed E-state index contributed by atoms with van der Waals surface area (Å²) in [5, 5.41) is 9.65. The summed E-state index contributed by atoms with van der Waals surface area (Å²) in [6.07, 6.45) is 2.11. The number of fused-ring (bicyclic) bond motifs is 1. The summed E-state index contributed by atoms with van der Waals surface area (Å²) in [7, 11) is 0. The summed E-state index contributed by atoms with van der Waals surface area (Å²) in [5.41, 5.74) is 9.70. The van der Waals surface area contributed by atoms with Crippen LogP contribution in [0.3, 0.4) is 0 Å². The third-order valence-corrected chi connectivity index (χ3v) is 3.35. The predicted molar refractivity (Wildman–Crippen MR) is 79.4 cm³/mol. The van der Waals surface area contributed by atoms with E-state index >= 15 is 0 Å². The highest BCUT2D eigenvalue weighted by atomic mass is 35.5. The zero-order valence-electron chi connectivity index (χ0n) is 10.5. The molecule has 98 valence electrons. The lowest BCUT2D eigenvalue weighted by atomic mass is 10.1. The fraction of sp³-hybridized carbons (Fsp3) is 0.0667. The smallest absolute Gasteiger partial charge is 0.139 e. The molecule has 3 rings (SSSR count). The molecule has 0 aliphatic rings. The standard InChI is InChI=1S/C15H11ClN4/c16-11-6-8-20-13(5-7-17)15(19-14(20)9-11)10-1-3-12(18)4-2-10/h1-4,6,8-9H,5,18H2. The first-order valence-corrected chi connectivity index (χ1v) is 6.46. The number of anilines is 1. The lowest BCUT2D eigenvalue weighted by Gasteiger charge is -2.02. The van der Waals surface area contributed by atoms with Crippen molar-refractivity contribution in [3.63, 3.8) is 0 Å². The van der Waals surface area contributed by atoms with Gasteiger partial charge in [-0.25, -0.2) is 4.98 Å². The SMILES string of the molecule is N#CCc1c(-c2ccc(N)cc2)nc2cc(Cl)ccn12. The summed E-state index contributed by atoms with van der Waals surface area (Å²) in [6, 6.07) is 13.2. The summed E-state index contributed by atoms with van der Waals surface area (Å²) in [6.45, 7) is 0. The van der Waals surface area contributed by atoms with E-state index in [9.17, 15) is 0 Å². The molecule has 0 atom stereocenters. The van der Waals surface area contributed by atoms with Gasteiger partial charge in [-0.1, -0.05) is 23.7 Å². The molecule has 0 spiro atoms. The van der Waals surface area contributed by atoms with Crippen LogP contribution in [0.2, 0.25) is 5.02 Å². The Hall–Kier alpha value is -2.51. The van der Waals surface area contributed by atoms with E-state index in [1.807, 2.05) is 34.9 Å². The van der Waals surface area contributed by atoms with Crippen molar-refractivity contribution in [2.45, 2.75) is 6.42 Å². The highest BCUT2D eigenvalue weighted by molar-refractivity contribution is 6.30. The van der Waals surface area contributed by atoms with Gasteiger partial charge in [0, 0.05) is 28.5 Å². The fourth-order valence-electron chi connectivity index (χ4n) is 2.19. The van der Waals surface area contributed by atoms with Crippen molar-refractivity contribution in [1.29, 1.82) is 5.26 Å². The van der Waals surface area contributed by atoms with Crippen LogP contribution in [0.15, 0.2) is 42.6 Å². The van der Waals surface area contributed by atoms with Crippen molar-refractivity contribution in [2.24, 2.45) is 0 Å². The first kappa shape index (κ1) is 12.5. The molecule has 0 unspecified atom stereocenters.